The first-order valence-corrected chi connectivity index (χ1v) is 44.7. The van der Waals surface area contributed by atoms with Crippen molar-refractivity contribution < 1.29 is 14.9 Å². The Bertz CT molecular complexity index is 4810. The fourth-order valence-corrected chi connectivity index (χ4v) is 11.8. The van der Waals surface area contributed by atoms with Crippen LogP contribution in [0.4, 0.5) is 17.2 Å². The Hall–Kier alpha value is -10.4. The van der Waals surface area contributed by atoms with E-state index in [1.807, 2.05) is 143 Å². The third-order valence-corrected chi connectivity index (χ3v) is 20.2. The fourth-order valence-electron chi connectivity index (χ4n) is 11.1. The quantitative estimate of drug-likeness (QED) is 0.121. The number of H-pyrrole nitrogens is 1. The normalized spacial score (nSPS) is 11.9. The van der Waals surface area contributed by atoms with Crippen LogP contribution in [0.15, 0.2) is 193 Å². The standard InChI is InChI=1S/C13H16O.C12H18O.C11H13N.C11H17N.C10H17N3.C10H15N.C10H14O.2C9H14N2.C7H12N2.C7H11NS/c1-13(2,3)11-6-9-4-5-12(14)8-10(9)7-11;1-9-6-10(12(2,3)4)8-11(7-9)13-5;1-11(2,3)9-5-7-10(12-4)8-6-9;1-9-5-6-10(8-12-9)7-11(2,3)4;1-10(2,3)8-6-12-9(7-11-8)13(4)5;1-8-5-6-9(7-11-8)10(2,3)4;1-10(2,3)8-4-6-9(11)7-5-8;1-7-5-6-8(11-10-7)9(2,3)4;1-9(2,3)8-6-7(10)4-5-11-8;1-7(2,3)6-4-8-9-5-6;1-7(2,3)6-4-9-5-8-6/h4-5,7-8,14H,6H2,1-3H3;6-8H,1-5H3;5-8H,1-3H3;5-6,8H,7H2,1-4H3;6-7H,1-5H3;5-7H,1-4H3;4-7,11H,1-3H3;5-6H,1-4H3;4-6H,1-3H3,(H2,10,11);4-5H,1-3H3,(H,8,9);4-5H,1-3H3. The van der Waals surface area contributed by atoms with Crippen LogP contribution in [0.3, 0.4) is 0 Å². The van der Waals surface area contributed by atoms with Crippen molar-refractivity contribution in [3.63, 3.8) is 0 Å². The number of phenols is 2. The summed E-state index contributed by atoms with van der Waals surface area (Å²) in [7, 11) is 5.63. The molecule has 1 aliphatic carbocycles. The van der Waals surface area contributed by atoms with Gasteiger partial charge in [-0.3, -0.25) is 25.0 Å². The summed E-state index contributed by atoms with van der Waals surface area (Å²) in [6.07, 6.45) is 17.4. The van der Waals surface area contributed by atoms with Gasteiger partial charge >= 0.3 is 0 Å². The van der Waals surface area contributed by atoms with E-state index in [1.54, 1.807) is 55.1 Å². The third kappa shape index (κ3) is 44.6. The molecule has 686 valence electrons. The highest BCUT2D eigenvalue weighted by molar-refractivity contribution is 7.07. The minimum absolute atomic E-state index is 0.0812. The Morgan fingerprint density at radius 2 is 0.937 bits per heavy atom. The topological polar surface area (TPSA) is 215 Å². The zero-order valence-electron chi connectivity index (χ0n) is 85.1. The summed E-state index contributed by atoms with van der Waals surface area (Å²) in [5.41, 5.74) is 31.4. The van der Waals surface area contributed by atoms with Crippen LogP contribution >= 0.6 is 11.3 Å². The van der Waals surface area contributed by atoms with E-state index >= 15 is 0 Å². The minimum Gasteiger partial charge on any atom is -0.508 e. The van der Waals surface area contributed by atoms with Gasteiger partial charge in [-0.2, -0.15) is 15.3 Å². The van der Waals surface area contributed by atoms with Gasteiger partial charge in [0, 0.05) is 88.7 Å². The van der Waals surface area contributed by atoms with E-state index in [9.17, 15) is 5.11 Å². The SMILES string of the molecule is CC(C)(C)C1=Cc2cc(O)ccc2C1.CC(C)(C)c1cc(N)ccn1.CC(C)(C)c1ccc(O)cc1.CC(C)(C)c1cn[nH]c1.CC(C)(C)c1cscn1.CN(C)c1cnc(C(C)(C)C)cn1.COc1cc(C)cc(C(C)(C)C)c1.Cc1ccc(C(C)(C)C)cn1.Cc1ccc(C(C)(C)C)nn1.Cc1ccc(CC(C)(C)C)cn1.[C-]#[N+]c1ccc(C(C)(C)C)cc1. The number of benzene rings is 4. The predicted octanol–water partition coefficient (Wildman–Crippen LogP) is 28.6. The van der Waals surface area contributed by atoms with Gasteiger partial charge in [0.25, 0.3) is 0 Å². The summed E-state index contributed by atoms with van der Waals surface area (Å²) < 4.78 is 5.23. The summed E-state index contributed by atoms with van der Waals surface area (Å²) in [6.45, 7) is 86.6. The van der Waals surface area contributed by atoms with E-state index in [-0.39, 0.29) is 54.1 Å². The molecule has 0 spiro atoms. The van der Waals surface area contributed by atoms with Crippen molar-refractivity contribution in [2.75, 3.05) is 31.8 Å². The van der Waals surface area contributed by atoms with Crippen LogP contribution < -0.4 is 15.4 Å². The number of aromatic hydroxyl groups is 2. The molecule has 0 atom stereocenters. The number of rotatable bonds is 3. The molecule has 0 amide bonds. The number of methoxy groups -OCH3 is 1. The van der Waals surface area contributed by atoms with Gasteiger partial charge in [-0.1, -0.05) is 301 Å². The fraction of sp³-hybridized carbons (Fsp3) is 0.486. The summed E-state index contributed by atoms with van der Waals surface area (Å²) in [6, 6.07) is 43.3. The number of pyridine rings is 3. The zero-order valence-corrected chi connectivity index (χ0v) is 85.9. The first-order valence-electron chi connectivity index (χ1n) is 43.7. The molecule has 126 heavy (non-hydrogen) atoms. The number of thiazole rings is 1. The molecule has 0 saturated heterocycles. The number of aryl methyl sites for hydroxylation is 4. The number of nitrogens with two attached hydrogens (primary N) is 1. The number of phenolic OH excluding ortho intramolecular Hbond substituents is 2. The summed E-state index contributed by atoms with van der Waals surface area (Å²) >= 11 is 1.66. The number of allylic oxidation sites excluding steroid dienone is 1. The highest BCUT2D eigenvalue weighted by Gasteiger charge is 2.25. The van der Waals surface area contributed by atoms with Gasteiger partial charge in [-0.25, -0.2) is 14.8 Å². The number of ether oxygens (including phenoxy) is 1. The van der Waals surface area contributed by atoms with E-state index in [0.717, 1.165) is 64.3 Å². The lowest BCUT2D eigenvalue weighted by molar-refractivity contribution is 0.410. The second-order valence-electron chi connectivity index (χ2n) is 44.0. The predicted molar refractivity (Wildman–Crippen MR) is 540 cm³/mol. The number of hydrogen-bond acceptors (Lipinski definition) is 15. The molecule has 12 rings (SSSR count). The molecule has 0 unspecified atom stereocenters. The molecule has 1 aliphatic rings. The average Bonchev–Trinajstić information content (AvgIpc) is 1.66. The van der Waals surface area contributed by atoms with Crippen molar-refractivity contribution in [2.45, 2.75) is 318 Å². The zero-order chi connectivity index (χ0) is 96.6. The van der Waals surface area contributed by atoms with Crippen LogP contribution in [0.2, 0.25) is 0 Å². The van der Waals surface area contributed by atoms with Crippen LogP contribution in [0.1, 0.15) is 318 Å². The monoisotopic (exact) mass is 1730 g/mol. The number of hydrogen-bond donors (Lipinski definition) is 4. The number of nitrogen functional groups attached to an aromatic ring is 1. The highest BCUT2D eigenvalue weighted by Crippen LogP contribution is 2.38. The molecule has 0 saturated carbocycles. The molecular weight excluding hydrogens is 1570 g/mol. The maximum absolute atomic E-state index is 9.36. The molecule has 7 heterocycles. The number of anilines is 2. The van der Waals surface area contributed by atoms with Crippen molar-refractivity contribution in [1.82, 2.24) is 50.3 Å². The largest absolute Gasteiger partial charge is 0.508 e. The average molecular weight is 1730 g/mol. The summed E-state index contributed by atoms with van der Waals surface area (Å²) in [5, 5.41) is 35.2. The molecule has 5 N–H and O–H groups in total. The molecule has 16 nitrogen and oxygen atoms in total. The van der Waals surface area contributed by atoms with Crippen molar-refractivity contribution in [3.8, 4) is 17.2 Å². The Kier molecular flexibility index (Phi) is 43.0. The minimum atomic E-state index is 0.0812. The molecule has 17 heteroatoms. The second kappa shape index (κ2) is 48.5. The number of nitrogens with zero attached hydrogens (tertiary/aromatic N) is 11. The van der Waals surface area contributed by atoms with Gasteiger partial charge in [-0.15, -0.1) is 11.3 Å². The van der Waals surface area contributed by atoms with Crippen LogP contribution in [-0.2, 0) is 61.6 Å². The van der Waals surface area contributed by atoms with Gasteiger partial charge in [0.05, 0.1) is 60.6 Å². The first kappa shape index (κ1) is 112. The van der Waals surface area contributed by atoms with Crippen LogP contribution in [0, 0.1) is 45.1 Å². The van der Waals surface area contributed by atoms with Gasteiger partial charge in [0.15, 0.2) is 5.69 Å². The van der Waals surface area contributed by atoms with E-state index in [0.29, 0.717) is 22.6 Å². The molecule has 0 fully saturated rings. The summed E-state index contributed by atoms with van der Waals surface area (Å²) in [4.78, 5) is 30.9. The van der Waals surface area contributed by atoms with Crippen LogP contribution in [-0.4, -0.2) is 81.7 Å². The van der Waals surface area contributed by atoms with Gasteiger partial charge in [0.2, 0.25) is 0 Å². The maximum Gasteiger partial charge on any atom is 0.187 e. The van der Waals surface area contributed by atoms with Crippen molar-refractivity contribution in [3.05, 3.63) is 295 Å². The molecule has 4 aromatic carbocycles. The molecule has 7 aromatic heterocycles. The van der Waals surface area contributed by atoms with E-state index < -0.39 is 0 Å². The van der Waals surface area contributed by atoms with Gasteiger partial charge in [0.1, 0.15) is 23.1 Å². The third-order valence-electron chi connectivity index (χ3n) is 19.6. The van der Waals surface area contributed by atoms with E-state index in [1.165, 1.54) is 61.3 Å². The number of aromatic amines is 1. The van der Waals surface area contributed by atoms with E-state index in [2.05, 4.69) is 344 Å². The van der Waals surface area contributed by atoms with Gasteiger partial charge < -0.3 is 25.6 Å². The lowest BCUT2D eigenvalue weighted by atomic mass is 9.85. The summed E-state index contributed by atoms with van der Waals surface area (Å²) in [5.74, 6) is 2.53. The second-order valence-corrected chi connectivity index (χ2v) is 44.7. The molecule has 11 aromatic rings. The van der Waals surface area contributed by atoms with Crippen LogP contribution in [0.25, 0.3) is 10.9 Å². The maximum atomic E-state index is 9.36. The van der Waals surface area contributed by atoms with Crippen molar-refractivity contribution in [2.24, 2.45) is 10.8 Å². The van der Waals surface area contributed by atoms with E-state index in [4.69, 9.17) is 22.1 Å². The molecular formula is C109H161N13O3S. The number of nitrogens with one attached hydrogen (secondary N) is 1. The smallest absolute Gasteiger partial charge is 0.187 e. The Labute approximate surface area is 767 Å². The highest BCUT2D eigenvalue weighted by atomic mass is 32.1. The van der Waals surface area contributed by atoms with Crippen LogP contribution in [0.5, 0.6) is 17.2 Å². The Balaban J connectivity index is 0.000000470. The Morgan fingerprint density at radius 3 is 1.30 bits per heavy atom. The number of fused-ring (bicyclic) bond motifs is 1. The molecule has 0 bridgehead atoms. The van der Waals surface area contributed by atoms with Crippen molar-refractivity contribution in [1.29, 1.82) is 0 Å². The Morgan fingerprint density at radius 1 is 0.437 bits per heavy atom. The lowest BCUT2D eigenvalue weighted by Crippen LogP contribution is -2.16. The van der Waals surface area contributed by atoms with Crippen molar-refractivity contribution >= 4 is 34.6 Å². The molecule has 0 radical (unpaired) electrons. The number of aromatic nitrogens is 10. The molecule has 0 aliphatic heterocycles. The van der Waals surface area contributed by atoms with Gasteiger partial charge in [-0.05, 0) is 201 Å². The first-order chi connectivity index (χ1) is 57.5. The lowest BCUT2D eigenvalue weighted by Gasteiger charge is -2.20.